The summed E-state index contributed by atoms with van der Waals surface area (Å²) >= 11 is 0. The quantitative estimate of drug-likeness (QED) is 0.590. The van der Waals surface area contributed by atoms with Crippen molar-refractivity contribution in [1.29, 1.82) is 0 Å². The van der Waals surface area contributed by atoms with Crippen molar-refractivity contribution in [3.05, 3.63) is 114 Å². The molecule has 2 atom stereocenters. The molecule has 0 aliphatic heterocycles. The van der Waals surface area contributed by atoms with Crippen molar-refractivity contribution in [1.82, 2.24) is 4.72 Å². The third kappa shape index (κ3) is 4.54. The summed E-state index contributed by atoms with van der Waals surface area (Å²) in [6.07, 6.45) is 1.80. The van der Waals surface area contributed by atoms with E-state index in [1.165, 1.54) is 0 Å². The Hall–Kier alpha value is -2.69. The second kappa shape index (κ2) is 8.33. The summed E-state index contributed by atoms with van der Waals surface area (Å²) in [6, 6.07) is 25.8. The van der Waals surface area contributed by atoms with Crippen molar-refractivity contribution in [2.45, 2.75) is 23.8 Å². The molecule has 138 valence electrons. The summed E-state index contributed by atoms with van der Waals surface area (Å²) in [5.41, 5.74) is 2.91. The Kier molecular flexibility index (Phi) is 5.89. The van der Waals surface area contributed by atoms with Crippen LogP contribution in [0, 0.1) is 6.92 Å². The van der Waals surface area contributed by atoms with E-state index in [9.17, 15) is 8.42 Å². The molecule has 0 saturated heterocycles. The third-order valence-electron chi connectivity index (χ3n) is 4.57. The molecule has 0 bridgehead atoms. The van der Waals surface area contributed by atoms with E-state index in [1.54, 1.807) is 30.3 Å². The molecule has 27 heavy (non-hydrogen) atoms. The molecule has 4 heteroatoms. The average Bonchev–Trinajstić information content (AvgIpc) is 2.69. The number of sulfonamides is 1. The van der Waals surface area contributed by atoms with Crippen LogP contribution in [0.4, 0.5) is 0 Å². The van der Waals surface area contributed by atoms with Gasteiger partial charge in [-0.1, -0.05) is 84.4 Å². The van der Waals surface area contributed by atoms with Gasteiger partial charge in [-0.15, -0.1) is 6.58 Å². The highest BCUT2D eigenvalue weighted by Crippen LogP contribution is 2.33. The first-order valence-corrected chi connectivity index (χ1v) is 10.3. The van der Waals surface area contributed by atoms with Gasteiger partial charge in [-0.05, 0) is 30.2 Å². The van der Waals surface area contributed by atoms with Gasteiger partial charge in [0.15, 0.2) is 0 Å². The molecular weight excluding hydrogens is 354 g/mol. The van der Waals surface area contributed by atoms with Crippen molar-refractivity contribution < 1.29 is 8.42 Å². The standard InChI is InChI=1S/C23H23NO2S/c1-3-22(19-10-6-4-7-11-19)23(20-12-8-5-9-13-20)24-27(25,26)21-16-14-18(2)15-17-21/h3-17,22-24H,1H2,2H3/t22-,23+/m0/s1. The van der Waals surface area contributed by atoms with E-state index < -0.39 is 16.1 Å². The van der Waals surface area contributed by atoms with Crippen LogP contribution in [0.2, 0.25) is 0 Å². The van der Waals surface area contributed by atoms with E-state index in [-0.39, 0.29) is 10.8 Å². The van der Waals surface area contributed by atoms with Gasteiger partial charge in [0.2, 0.25) is 10.0 Å². The van der Waals surface area contributed by atoms with E-state index in [2.05, 4.69) is 11.3 Å². The number of benzene rings is 3. The fourth-order valence-corrected chi connectivity index (χ4v) is 4.35. The summed E-state index contributed by atoms with van der Waals surface area (Å²) in [5.74, 6) is -0.200. The molecule has 0 saturated carbocycles. The van der Waals surface area contributed by atoms with Crippen molar-refractivity contribution in [2.75, 3.05) is 0 Å². The summed E-state index contributed by atoms with van der Waals surface area (Å²) in [5, 5.41) is 0. The van der Waals surface area contributed by atoms with Crippen molar-refractivity contribution >= 4 is 10.0 Å². The Morgan fingerprint density at radius 3 is 1.85 bits per heavy atom. The number of rotatable bonds is 7. The Bertz CT molecular complexity index is 982. The third-order valence-corrected chi connectivity index (χ3v) is 6.03. The maximum absolute atomic E-state index is 13.0. The van der Waals surface area contributed by atoms with Crippen molar-refractivity contribution in [3.63, 3.8) is 0 Å². The zero-order valence-electron chi connectivity index (χ0n) is 15.2. The lowest BCUT2D eigenvalue weighted by molar-refractivity contribution is 0.536. The van der Waals surface area contributed by atoms with E-state index >= 15 is 0 Å². The Morgan fingerprint density at radius 2 is 1.33 bits per heavy atom. The second-order valence-corrected chi connectivity index (χ2v) is 8.21. The van der Waals surface area contributed by atoms with Gasteiger partial charge in [0.25, 0.3) is 0 Å². The predicted molar refractivity (Wildman–Crippen MR) is 110 cm³/mol. The SMILES string of the molecule is C=C[C@@H](c1ccccc1)[C@H](NS(=O)(=O)c1ccc(C)cc1)c1ccccc1. The van der Waals surface area contributed by atoms with Crippen LogP contribution < -0.4 is 4.72 Å². The maximum Gasteiger partial charge on any atom is 0.241 e. The predicted octanol–water partition coefficient (Wildman–Crippen LogP) is 4.98. The van der Waals surface area contributed by atoms with Gasteiger partial charge in [0.05, 0.1) is 10.9 Å². The van der Waals surface area contributed by atoms with E-state index in [0.29, 0.717) is 0 Å². The minimum Gasteiger partial charge on any atom is -0.207 e. The smallest absolute Gasteiger partial charge is 0.207 e. The van der Waals surface area contributed by atoms with Crippen molar-refractivity contribution in [3.8, 4) is 0 Å². The van der Waals surface area contributed by atoms with Gasteiger partial charge in [0.1, 0.15) is 0 Å². The molecule has 0 radical (unpaired) electrons. The highest BCUT2D eigenvalue weighted by atomic mass is 32.2. The average molecular weight is 378 g/mol. The molecule has 0 fully saturated rings. The van der Waals surface area contributed by atoms with Crippen LogP contribution in [0.1, 0.15) is 28.7 Å². The van der Waals surface area contributed by atoms with Crippen LogP contribution in [-0.4, -0.2) is 8.42 Å². The van der Waals surface area contributed by atoms with Gasteiger partial charge in [-0.3, -0.25) is 0 Å². The Labute approximate surface area is 161 Å². The second-order valence-electron chi connectivity index (χ2n) is 6.49. The zero-order chi connectivity index (χ0) is 19.3. The molecule has 3 aromatic rings. The molecule has 1 N–H and O–H groups in total. The van der Waals surface area contributed by atoms with Crippen LogP contribution in [-0.2, 0) is 10.0 Å². The first-order chi connectivity index (χ1) is 13.0. The molecular formula is C23H23NO2S. The molecule has 3 nitrogen and oxygen atoms in total. The van der Waals surface area contributed by atoms with Gasteiger partial charge >= 0.3 is 0 Å². The van der Waals surface area contributed by atoms with Crippen LogP contribution in [0.25, 0.3) is 0 Å². The van der Waals surface area contributed by atoms with E-state index in [4.69, 9.17) is 0 Å². The van der Waals surface area contributed by atoms with Crippen LogP contribution in [0.3, 0.4) is 0 Å². The monoisotopic (exact) mass is 377 g/mol. The minimum absolute atomic E-state index is 0.200. The van der Waals surface area contributed by atoms with Crippen LogP contribution >= 0.6 is 0 Å². The van der Waals surface area contributed by atoms with E-state index in [1.807, 2.05) is 67.6 Å². The summed E-state index contributed by atoms with van der Waals surface area (Å²) < 4.78 is 29.0. The molecule has 0 amide bonds. The summed E-state index contributed by atoms with van der Waals surface area (Å²) in [6.45, 7) is 5.89. The largest absolute Gasteiger partial charge is 0.241 e. The molecule has 0 heterocycles. The summed E-state index contributed by atoms with van der Waals surface area (Å²) in [7, 11) is -3.69. The van der Waals surface area contributed by atoms with Crippen LogP contribution in [0.5, 0.6) is 0 Å². The lowest BCUT2D eigenvalue weighted by Crippen LogP contribution is -2.32. The maximum atomic E-state index is 13.0. The van der Waals surface area contributed by atoms with Gasteiger partial charge in [-0.2, -0.15) is 0 Å². The van der Waals surface area contributed by atoms with Crippen LogP contribution in [0.15, 0.2) is 102 Å². The lowest BCUT2D eigenvalue weighted by Gasteiger charge is -2.26. The molecule has 3 rings (SSSR count). The van der Waals surface area contributed by atoms with Gasteiger partial charge < -0.3 is 0 Å². The Balaban J connectivity index is 2.02. The highest BCUT2D eigenvalue weighted by Gasteiger charge is 2.28. The fraction of sp³-hybridized carbons (Fsp3) is 0.130. The molecule has 3 aromatic carbocycles. The number of aryl methyl sites for hydroxylation is 1. The zero-order valence-corrected chi connectivity index (χ0v) is 16.1. The number of nitrogens with one attached hydrogen (secondary N) is 1. The molecule has 0 aliphatic rings. The fourth-order valence-electron chi connectivity index (χ4n) is 3.10. The first-order valence-electron chi connectivity index (χ1n) is 8.83. The van der Waals surface area contributed by atoms with Gasteiger partial charge in [-0.25, -0.2) is 13.1 Å². The topological polar surface area (TPSA) is 46.2 Å². The van der Waals surface area contributed by atoms with Gasteiger partial charge in [0, 0.05) is 5.92 Å². The molecule has 0 spiro atoms. The first kappa shape index (κ1) is 19.1. The normalized spacial score (nSPS) is 13.7. The molecule has 0 aliphatic carbocycles. The van der Waals surface area contributed by atoms with E-state index in [0.717, 1.165) is 16.7 Å². The number of hydrogen-bond donors (Lipinski definition) is 1. The minimum atomic E-state index is -3.69. The molecule has 0 aromatic heterocycles. The highest BCUT2D eigenvalue weighted by molar-refractivity contribution is 7.89. The number of hydrogen-bond acceptors (Lipinski definition) is 2. The molecule has 0 unspecified atom stereocenters. The Morgan fingerprint density at radius 1 is 0.815 bits per heavy atom. The van der Waals surface area contributed by atoms with Crippen molar-refractivity contribution in [2.24, 2.45) is 0 Å². The summed E-state index contributed by atoms with van der Waals surface area (Å²) in [4.78, 5) is 0.255. The lowest BCUT2D eigenvalue weighted by atomic mass is 9.88.